The number of rotatable bonds is 6. The van der Waals surface area contributed by atoms with E-state index in [-0.39, 0.29) is 17.2 Å². The first-order valence-electron chi connectivity index (χ1n) is 8.91. The van der Waals surface area contributed by atoms with Crippen LogP contribution in [0.4, 0.5) is 5.69 Å². The highest BCUT2D eigenvalue weighted by atomic mass is 32.1. The average molecular weight is 420 g/mol. The Bertz CT molecular complexity index is 1290. The number of ketones is 1. The average Bonchev–Trinajstić information content (AvgIpc) is 3.28. The van der Waals surface area contributed by atoms with Crippen molar-refractivity contribution < 1.29 is 14.5 Å². The Hall–Kier alpha value is -3.85. The molecule has 0 aliphatic carbocycles. The van der Waals surface area contributed by atoms with Gasteiger partial charge in [0.15, 0.2) is 16.5 Å². The molecule has 3 aromatic heterocycles. The fourth-order valence-electron chi connectivity index (χ4n) is 3.09. The number of thiazole rings is 1. The summed E-state index contributed by atoms with van der Waals surface area (Å²) in [5.41, 5.74) is 2.14. The minimum Gasteiger partial charge on any atom is -0.490 e. The number of benzene rings is 1. The number of nitrogens with zero attached hydrogens (tertiary/aromatic N) is 4. The highest BCUT2D eigenvalue weighted by Gasteiger charge is 2.20. The monoisotopic (exact) mass is 420 g/mol. The summed E-state index contributed by atoms with van der Waals surface area (Å²) in [6.07, 6.45) is 8.18. The summed E-state index contributed by atoms with van der Waals surface area (Å²) in [6, 6.07) is 7.97. The second-order valence-corrected chi connectivity index (χ2v) is 7.63. The van der Waals surface area contributed by atoms with Gasteiger partial charge in [0.25, 0.3) is 0 Å². The SMILES string of the molecule is COc1ccc(-c2nc3sc(C)cn3c2C=CC(=O)c2ccncc2)cc1[N+](=O)[O-]. The number of allylic oxidation sites excluding steroid dienone is 1. The highest BCUT2D eigenvalue weighted by molar-refractivity contribution is 7.17. The molecule has 4 aromatic rings. The van der Waals surface area contributed by atoms with Crippen LogP contribution < -0.4 is 4.74 Å². The summed E-state index contributed by atoms with van der Waals surface area (Å²) in [5, 5.41) is 11.4. The Morgan fingerprint density at radius 2 is 2.03 bits per heavy atom. The van der Waals surface area contributed by atoms with Crippen molar-refractivity contribution in [3.8, 4) is 17.0 Å². The van der Waals surface area contributed by atoms with E-state index in [2.05, 4.69) is 9.97 Å². The summed E-state index contributed by atoms with van der Waals surface area (Å²) in [4.78, 5) is 33.8. The molecule has 9 heteroatoms. The van der Waals surface area contributed by atoms with Crippen molar-refractivity contribution in [3.05, 3.63) is 81.2 Å². The van der Waals surface area contributed by atoms with Crippen LogP contribution in [0.2, 0.25) is 0 Å². The van der Waals surface area contributed by atoms with E-state index in [1.54, 1.807) is 42.7 Å². The number of imidazole rings is 1. The maximum absolute atomic E-state index is 12.5. The smallest absolute Gasteiger partial charge is 0.311 e. The van der Waals surface area contributed by atoms with Crippen molar-refractivity contribution in [1.29, 1.82) is 0 Å². The van der Waals surface area contributed by atoms with Gasteiger partial charge in [0.2, 0.25) is 0 Å². The lowest BCUT2D eigenvalue weighted by atomic mass is 10.1. The largest absolute Gasteiger partial charge is 0.490 e. The van der Waals surface area contributed by atoms with Gasteiger partial charge in [-0.25, -0.2) is 4.98 Å². The van der Waals surface area contributed by atoms with Crippen LogP contribution >= 0.6 is 11.3 Å². The van der Waals surface area contributed by atoms with Gasteiger partial charge < -0.3 is 4.74 Å². The molecule has 0 unspecified atom stereocenters. The number of pyridine rings is 1. The summed E-state index contributed by atoms with van der Waals surface area (Å²) in [5.74, 6) is -0.00321. The van der Waals surface area contributed by atoms with Gasteiger partial charge in [-0.3, -0.25) is 24.3 Å². The van der Waals surface area contributed by atoms with E-state index in [0.717, 1.165) is 9.84 Å². The number of methoxy groups -OCH3 is 1. The molecular formula is C21H16N4O4S. The highest BCUT2D eigenvalue weighted by Crippen LogP contribution is 2.35. The van der Waals surface area contributed by atoms with Gasteiger partial charge in [0.05, 0.1) is 23.4 Å². The Kier molecular flexibility index (Phi) is 5.11. The summed E-state index contributed by atoms with van der Waals surface area (Å²) in [7, 11) is 1.39. The van der Waals surface area contributed by atoms with Gasteiger partial charge in [-0.15, -0.1) is 11.3 Å². The number of aryl methyl sites for hydroxylation is 1. The van der Waals surface area contributed by atoms with Crippen LogP contribution in [-0.4, -0.2) is 32.2 Å². The minimum absolute atomic E-state index is 0.148. The molecule has 0 spiro atoms. The van der Waals surface area contributed by atoms with E-state index in [4.69, 9.17) is 4.74 Å². The number of carbonyl (C=O) groups excluding carboxylic acids is 1. The second-order valence-electron chi connectivity index (χ2n) is 6.42. The van der Waals surface area contributed by atoms with E-state index in [9.17, 15) is 14.9 Å². The lowest BCUT2D eigenvalue weighted by Gasteiger charge is -2.05. The number of ether oxygens (including phenoxy) is 1. The first-order valence-corrected chi connectivity index (χ1v) is 9.73. The third kappa shape index (κ3) is 3.58. The first-order chi connectivity index (χ1) is 14.5. The molecule has 150 valence electrons. The zero-order chi connectivity index (χ0) is 21.3. The van der Waals surface area contributed by atoms with Crippen LogP contribution in [0.5, 0.6) is 5.75 Å². The van der Waals surface area contributed by atoms with Crippen molar-refractivity contribution in [3.63, 3.8) is 0 Å². The van der Waals surface area contributed by atoms with Crippen LogP contribution in [0.25, 0.3) is 22.3 Å². The Morgan fingerprint density at radius 1 is 1.27 bits per heavy atom. The second kappa shape index (κ2) is 7.88. The number of hydrogen-bond donors (Lipinski definition) is 0. The lowest BCUT2D eigenvalue weighted by Crippen LogP contribution is -1.96. The molecule has 0 fully saturated rings. The standard InChI is InChI=1S/C21H16N4O4S/c1-13-12-24-16(4-5-18(26)14-7-9-22-10-8-14)20(23-21(24)30-13)15-3-6-19(29-2)17(11-15)25(27)28/h3-12H,1-2H3. The van der Waals surface area contributed by atoms with Crippen LogP contribution in [0, 0.1) is 17.0 Å². The van der Waals surface area contributed by atoms with Gasteiger partial charge in [-0.2, -0.15) is 0 Å². The number of nitro groups is 1. The van der Waals surface area contributed by atoms with Crippen molar-refractivity contribution in [2.75, 3.05) is 7.11 Å². The fourth-order valence-corrected chi connectivity index (χ4v) is 3.92. The molecule has 1 aromatic carbocycles. The van der Waals surface area contributed by atoms with E-state index in [1.165, 1.54) is 30.6 Å². The van der Waals surface area contributed by atoms with Crippen LogP contribution in [0.1, 0.15) is 20.9 Å². The first kappa shape index (κ1) is 19.5. The van der Waals surface area contributed by atoms with Crippen molar-refractivity contribution >= 4 is 33.8 Å². The quantitative estimate of drug-likeness (QED) is 0.196. The maximum Gasteiger partial charge on any atom is 0.311 e. The molecule has 0 aliphatic rings. The molecule has 0 amide bonds. The fraction of sp³-hybridized carbons (Fsp3) is 0.0952. The zero-order valence-electron chi connectivity index (χ0n) is 16.1. The maximum atomic E-state index is 12.5. The van der Waals surface area contributed by atoms with E-state index < -0.39 is 4.92 Å². The number of fused-ring (bicyclic) bond motifs is 1. The Balaban J connectivity index is 1.83. The summed E-state index contributed by atoms with van der Waals surface area (Å²) >= 11 is 1.50. The van der Waals surface area contributed by atoms with Crippen molar-refractivity contribution in [2.24, 2.45) is 0 Å². The molecule has 0 saturated carbocycles. The van der Waals surface area contributed by atoms with Crippen molar-refractivity contribution in [2.45, 2.75) is 6.92 Å². The van der Waals surface area contributed by atoms with Gasteiger partial charge in [-0.1, -0.05) is 0 Å². The molecule has 0 bridgehead atoms. The number of aromatic nitrogens is 3. The Labute approximate surface area is 175 Å². The van der Waals surface area contributed by atoms with Crippen molar-refractivity contribution in [1.82, 2.24) is 14.4 Å². The molecule has 30 heavy (non-hydrogen) atoms. The normalized spacial score (nSPS) is 11.3. The molecule has 3 heterocycles. The van der Waals surface area contributed by atoms with Crippen LogP contribution in [-0.2, 0) is 0 Å². The van der Waals surface area contributed by atoms with E-state index in [0.29, 0.717) is 22.5 Å². The van der Waals surface area contributed by atoms with Crippen LogP contribution in [0.15, 0.2) is 55.0 Å². The number of nitro benzene ring substituents is 1. The third-order valence-corrected chi connectivity index (χ3v) is 5.38. The molecule has 0 radical (unpaired) electrons. The molecule has 0 atom stereocenters. The zero-order valence-corrected chi connectivity index (χ0v) is 16.9. The number of hydrogen-bond acceptors (Lipinski definition) is 7. The van der Waals surface area contributed by atoms with Gasteiger partial charge >= 0.3 is 5.69 Å². The molecule has 0 N–H and O–H groups in total. The van der Waals surface area contributed by atoms with E-state index in [1.807, 2.05) is 17.5 Å². The molecule has 4 rings (SSSR count). The third-order valence-electron chi connectivity index (χ3n) is 4.49. The minimum atomic E-state index is -0.493. The lowest BCUT2D eigenvalue weighted by molar-refractivity contribution is -0.385. The van der Waals surface area contributed by atoms with Gasteiger partial charge in [-0.05, 0) is 43.3 Å². The predicted molar refractivity (Wildman–Crippen MR) is 114 cm³/mol. The molecule has 8 nitrogen and oxygen atoms in total. The summed E-state index contributed by atoms with van der Waals surface area (Å²) in [6.45, 7) is 1.97. The number of carbonyl (C=O) groups is 1. The topological polar surface area (TPSA) is 99.6 Å². The predicted octanol–water partition coefficient (Wildman–Crippen LogP) is 4.58. The van der Waals surface area contributed by atoms with Gasteiger partial charge in [0, 0.05) is 40.7 Å². The molecular weight excluding hydrogens is 404 g/mol. The van der Waals surface area contributed by atoms with Gasteiger partial charge in [0.1, 0.15) is 0 Å². The molecule has 0 aliphatic heterocycles. The molecule has 0 saturated heterocycles. The Morgan fingerprint density at radius 3 is 2.73 bits per heavy atom. The van der Waals surface area contributed by atoms with Crippen LogP contribution in [0.3, 0.4) is 0 Å². The van der Waals surface area contributed by atoms with E-state index >= 15 is 0 Å². The summed E-state index contributed by atoms with van der Waals surface area (Å²) < 4.78 is 6.96.